The van der Waals surface area contributed by atoms with E-state index in [1.165, 1.54) is 18.3 Å². The number of rotatable bonds is 3. The Balaban J connectivity index is 1.73. The molecule has 0 fully saturated rings. The van der Waals surface area contributed by atoms with Crippen molar-refractivity contribution in [2.24, 2.45) is 0 Å². The summed E-state index contributed by atoms with van der Waals surface area (Å²) in [7, 11) is 0. The summed E-state index contributed by atoms with van der Waals surface area (Å²) in [5.41, 5.74) is 0.643. The molecule has 4 aromatic rings. The summed E-state index contributed by atoms with van der Waals surface area (Å²) in [6, 6.07) is 14.0. The zero-order valence-electron chi connectivity index (χ0n) is 13.7. The van der Waals surface area contributed by atoms with Gasteiger partial charge in [0, 0.05) is 23.2 Å². The number of fused-ring (bicyclic) bond motifs is 3. The lowest BCUT2D eigenvalue weighted by molar-refractivity contribution is 0.0473. The van der Waals surface area contributed by atoms with Crippen LogP contribution in [0.3, 0.4) is 0 Å². The zero-order chi connectivity index (χ0) is 19.0. The molecule has 0 aliphatic rings. The lowest BCUT2D eigenvalue weighted by Gasteiger charge is -2.10. The highest BCUT2D eigenvalue weighted by atomic mass is 35.5. The standard InChI is InChI=1S/C20H11Cl2NO4/c21-15-7-12(9-23-19(15)22)20(25)26-10-13-8-17(24)27-16-6-5-11-3-1-2-4-14(11)18(13)16/h1-9H,10H2. The number of esters is 1. The van der Waals surface area contributed by atoms with Crippen LogP contribution in [0.1, 0.15) is 15.9 Å². The van der Waals surface area contributed by atoms with Crippen molar-refractivity contribution in [3.8, 4) is 0 Å². The van der Waals surface area contributed by atoms with Crippen molar-refractivity contribution < 1.29 is 13.9 Å². The Hall–Kier alpha value is -2.89. The fourth-order valence-corrected chi connectivity index (χ4v) is 3.16. The Morgan fingerprint density at radius 1 is 1.11 bits per heavy atom. The molecule has 0 saturated heterocycles. The maximum Gasteiger partial charge on any atom is 0.340 e. The number of carbonyl (C=O) groups is 1. The zero-order valence-corrected chi connectivity index (χ0v) is 15.3. The Bertz CT molecular complexity index is 1250. The second-order valence-electron chi connectivity index (χ2n) is 5.82. The molecule has 4 rings (SSSR count). The molecule has 2 aromatic carbocycles. The van der Waals surface area contributed by atoms with Gasteiger partial charge in [-0.2, -0.15) is 0 Å². The van der Waals surface area contributed by atoms with Crippen LogP contribution in [0.15, 0.2) is 63.9 Å². The van der Waals surface area contributed by atoms with Gasteiger partial charge < -0.3 is 9.15 Å². The first-order valence-electron chi connectivity index (χ1n) is 7.95. The lowest BCUT2D eigenvalue weighted by Crippen LogP contribution is -2.08. The van der Waals surface area contributed by atoms with Gasteiger partial charge in [-0.15, -0.1) is 0 Å². The summed E-state index contributed by atoms with van der Waals surface area (Å²) in [6.07, 6.45) is 1.28. The number of hydrogen-bond donors (Lipinski definition) is 0. The van der Waals surface area contributed by atoms with Crippen molar-refractivity contribution in [1.82, 2.24) is 4.98 Å². The molecule has 0 saturated carbocycles. The number of carbonyl (C=O) groups excluding carboxylic acids is 1. The Kier molecular flexibility index (Phi) is 4.56. The third kappa shape index (κ3) is 3.39. The predicted molar refractivity (Wildman–Crippen MR) is 103 cm³/mol. The van der Waals surface area contributed by atoms with Gasteiger partial charge in [0.25, 0.3) is 0 Å². The van der Waals surface area contributed by atoms with Crippen LogP contribution in [-0.2, 0) is 11.3 Å². The van der Waals surface area contributed by atoms with Gasteiger partial charge in [-0.05, 0) is 22.9 Å². The van der Waals surface area contributed by atoms with Crippen LogP contribution in [0, 0.1) is 0 Å². The Labute approximate surface area is 163 Å². The minimum Gasteiger partial charge on any atom is -0.457 e. The van der Waals surface area contributed by atoms with Crippen LogP contribution in [0.5, 0.6) is 0 Å². The third-order valence-electron chi connectivity index (χ3n) is 4.11. The van der Waals surface area contributed by atoms with Crippen molar-refractivity contribution in [3.05, 3.63) is 86.5 Å². The van der Waals surface area contributed by atoms with Gasteiger partial charge >= 0.3 is 11.6 Å². The molecule has 7 heteroatoms. The van der Waals surface area contributed by atoms with Gasteiger partial charge in [-0.25, -0.2) is 14.6 Å². The molecule has 0 radical (unpaired) electrons. The monoisotopic (exact) mass is 399 g/mol. The van der Waals surface area contributed by atoms with E-state index in [1.807, 2.05) is 30.3 Å². The fraction of sp³-hybridized carbons (Fsp3) is 0.0500. The molecule has 27 heavy (non-hydrogen) atoms. The highest BCUT2D eigenvalue weighted by Crippen LogP contribution is 2.28. The fourth-order valence-electron chi connectivity index (χ4n) is 2.89. The molecule has 0 spiro atoms. The second kappa shape index (κ2) is 7.02. The Morgan fingerprint density at radius 3 is 2.74 bits per heavy atom. The molecule has 0 aliphatic heterocycles. The molecule has 0 bridgehead atoms. The van der Waals surface area contributed by atoms with E-state index in [2.05, 4.69) is 4.98 Å². The van der Waals surface area contributed by atoms with Gasteiger partial charge in [0.05, 0.1) is 10.6 Å². The highest BCUT2D eigenvalue weighted by Gasteiger charge is 2.14. The number of aromatic nitrogens is 1. The smallest absolute Gasteiger partial charge is 0.340 e. The molecule has 2 heterocycles. The molecule has 0 atom stereocenters. The molecule has 5 nitrogen and oxygen atoms in total. The van der Waals surface area contributed by atoms with Crippen molar-refractivity contribution in [2.75, 3.05) is 0 Å². The largest absolute Gasteiger partial charge is 0.457 e. The minimum atomic E-state index is -0.623. The number of halogens is 2. The summed E-state index contributed by atoms with van der Waals surface area (Å²) in [5.74, 6) is -0.623. The first-order chi connectivity index (χ1) is 13.0. The second-order valence-corrected chi connectivity index (χ2v) is 6.59. The van der Waals surface area contributed by atoms with Crippen LogP contribution in [-0.4, -0.2) is 11.0 Å². The van der Waals surface area contributed by atoms with E-state index in [1.54, 1.807) is 6.07 Å². The first kappa shape index (κ1) is 17.5. The number of benzene rings is 2. The van der Waals surface area contributed by atoms with E-state index in [9.17, 15) is 9.59 Å². The van der Waals surface area contributed by atoms with Gasteiger partial charge in [0.15, 0.2) is 0 Å². The molecule has 0 unspecified atom stereocenters. The van der Waals surface area contributed by atoms with Crippen molar-refractivity contribution in [3.63, 3.8) is 0 Å². The maximum absolute atomic E-state index is 12.3. The average Bonchev–Trinajstić information content (AvgIpc) is 2.67. The minimum absolute atomic E-state index is 0.102. The maximum atomic E-state index is 12.3. The van der Waals surface area contributed by atoms with E-state index in [-0.39, 0.29) is 22.3 Å². The number of ether oxygens (including phenoxy) is 1. The van der Waals surface area contributed by atoms with Gasteiger partial charge in [-0.1, -0.05) is 53.5 Å². The topological polar surface area (TPSA) is 69.4 Å². The van der Waals surface area contributed by atoms with E-state index in [0.29, 0.717) is 11.1 Å². The van der Waals surface area contributed by atoms with Crippen molar-refractivity contribution in [1.29, 1.82) is 0 Å². The molecule has 0 aliphatic carbocycles. The predicted octanol–water partition coefficient (Wildman–Crippen LogP) is 5.01. The molecule has 0 amide bonds. The molecule has 134 valence electrons. The van der Waals surface area contributed by atoms with Gasteiger partial charge in [0.2, 0.25) is 0 Å². The first-order valence-corrected chi connectivity index (χ1v) is 8.71. The summed E-state index contributed by atoms with van der Waals surface area (Å²) in [5, 5.41) is 2.88. The summed E-state index contributed by atoms with van der Waals surface area (Å²) in [4.78, 5) is 28.0. The number of hydrogen-bond acceptors (Lipinski definition) is 5. The van der Waals surface area contributed by atoms with E-state index >= 15 is 0 Å². The molecule has 0 N–H and O–H groups in total. The van der Waals surface area contributed by atoms with E-state index in [0.717, 1.165) is 16.2 Å². The molecule has 2 aromatic heterocycles. The van der Waals surface area contributed by atoms with E-state index in [4.69, 9.17) is 32.4 Å². The number of pyridine rings is 1. The van der Waals surface area contributed by atoms with Gasteiger partial charge in [0.1, 0.15) is 17.3 Å². The van der Waals surface area contributed by atoms with Crippen LogP contribution in [0.2, 0.25) is 10.2 Å². The molecular formula is C20H11Cl2NO4. The Morgan fingerprint density at radius 2 is 1.93 bits per heavy atom. The van der Waals surface area contributed by atoms with Crippen LogP contribution in [0.25, 0.3) is 21.7 Å². The van der Waals surface area contributed by atoms with Crippen molar-refractivity contribution >= 4 is 50.9 Å². The van der Waals surface area contributed by atoms with E-state index < -0.39 is 11.6 Å². The van der Waals surface area contributed by atoms with Gasteiger partial charge in [-0.3, -0.25) is 0 Å². The van der Waals surface area contributed by atoms with Crippen LogP contribution >= 0.6 is 23.2 Å². The normalized spacial score (nSPS) is 11.0. The average molecular weight is 400 g/mol. The quantitative estimate of drug-likeness (QED) is 0.209. The van der Waals surface area contributed by atoms with Crippen molar-refractivity contribution in [2.45, 2.75) is 6.61 Å². The third-order valence-corrected chi connectivity index (χ3v) is 4.79. The van der Waals surface area contributed by atoms with Crippen LogP contribution in [0.4, 0.5) is 0 Å². The SMILES string of the molecule is O=C(OCc1cc(=O)oc2ccc3ccccc3c12)c1cnc(Cl)c(Cl)c1. The summed E-state index contributed by atoms with van der Waals surface area (Å²) in [6.45, 7) is -0.102. The summed E-state index contributed by atoms with van der Waals surface area (Å²) >= 11 is 11.6. The highest BCUT2D eigenvalue weighted by molar-refractivity contribution is 6.41. The van der Waals surface area contributed by atoms with Crippen LogP contribution < -0.4 is 5.63 Å². The molecular weight excluding hydrogens is 389 g/mol. The summed E-state index contributed by atoms with van der Waals surface area (Å²) < 4.78 is 10.7. The lowest BCUT2D eigenvalue weighted by atomic mass is 10.0. The number of nitrogens with zero attached hydrogens (tertiary/aromatic N) is 1.